The molecule has 0 aromatic carbocycles. The van der Waals surface area contributed by atoms with Gasteiger partial charge in [0, 0.05) is 6.42 Å². The van der Waals surface area contributed by atoms with Crippen LogP contribution in [0.5, 0.6) is 0 Å². The van der Waals surface area contributed by atoms with Gasteiger partial charge in [-0.05, 0) is 5.92 Å². The zero-order chi connectivity index (χ0) is 13.4. The predicted octanol–water partition coefficient (Wildman–Crippen LogP) is -0.671. The van der Waals surface area contributed by atoms with E-state index in [4.69, 9.17) is 5.11 Å². The molecule has 7 nitrogen and oxygen atoms in total. The smallest absolute Gasteiger partial charge is 0.378 e. The Hall–Kier alpha value is -1.31. The average molecular weight is 248 g/mol. The lowest BCUT2D eigenvalue weighted by Gasteiger charge is -2.38. The topological polar surface area (TPSA) is 127 Å². The van der Waals surface area contributed by atoms with Crippen molar-refractivity contribution in [3.05, 3.63) is 11.5 Å². The van der Waals surface area contributed by atoms with Crippen LogP contribution in [0.1, 0.15) is 20.3 Å². The fourth-order valence-corrected chi connectivity index (χ4v) is 1.82. The maximum absolute atomic E-state index is 11.2. The molecule has 1 atom stereocenters. The molecule has 1 heterocycles. The average Bonchev–Trinajstić information content (AvgIpc) is 2.44. The number of aliphatic hydroxyl groups is 5. The summed E-state index contributed by atoms with van der Waals surface area (Å²) >= 11 is 0. The fraction of sp³-hybridized carbons (Fsp3) is 0.700. The molecule has 0 aliphatic carbocycles. The number of hydrogen-bond acceptors (Lipinski definition) is 7. The molecular weight excluding hydrogens is 232 g/mol. The highest BCUT2D eigenvalue weighted by Crippen LogP contribution is 2.42. The molecule has 0 bridgehead atoms. The Morgan fingerprint density at radius 3 is 2.18 bits per heavy atom. The first-order valence-electron chi connectivity index (χ1n) is 5.09. The van der Waals surface area contributed by atoms with Crippen LogP contribution in [0.2, 0.25) is 0 Å². The summed E-state index contributed by atoms with van der Waals surface area (Å²) in [7, 11) is 0. The van der Waals surface area contributed by atoms with Crippen LogP contribution in [0.15, 0.2) is 11.5 Å². The molecule has 0 aromatic heterocycles. The summed E-state index contributed by atoms with van der Waals surface area (Å²) in [6.45, 7) is 2.21. The van der Waals surface area contributed by atoms with Gasteiger partial charge in [-0.15, -0.1) is 0 Å². The second-order valence-corrected chi connectivity index (χ2v) is 4.49. The summed E-state index contributed by atoms with van der Waals surface area (Å²) in [5, 5.41) is 47.1. The Morgan fingerprint density at radius 1 is 1.35 bits per heavy atom. The summed E-state index contributed by atoms with van der Waals surface area (Å²) in [6, 6.07) is 0. The highest BCUT2D eigenvalue weighted by atomic mass is 16.6. The quantitative estimate of drug-likeness (QED) is 0.329. The van der Waals surface area contributed by atoms with Crippen LogP contribution in [-0.2, 0) is 9.53 Å². The minimum atomic E-state index is -2.87. The van der Waals surface area contributed by atoms with E-state index in [0.29, 0.717) is 0 Å². The van der Waals surface area contributed by atoms with Gasteiger partial charge in [-0.3, -0.25) is 0 Å². The van der Waals surface area contributed by atoms with Gasteiger partial charge in [0.05, 0.1) is 0 Å². The fourth-order valence-electron chi connectivity index (χ4n) is 1.82. The van der Waals surface area contributed by atoms with Gasteiger partial charge in [0.2, 0.25) is 17.1 Å². The van der Waals surface area contributed by atoms with E-state index in [0.717, 1.165) is 0 Å². The highest BCUT2D eigenvalue weighted by molar-refractivity contribution is 5.90. The minimum Gasteiger partial charge on any atom is -0.505 e. The van der Waals surface area contributed by atoms with Gasteiger partial charge in [0.15, 0.2) is 5.76 Å². The Balaban J connectivity index is 3.28. The van der Waals surface area contributed by atoms with Gasteiger partial charge in [-0.1, -0.05) is 13.8 Å². The zero-order valence-corrected chi connectivity index (χ0v) is 9.54. The van der Waals surface area contributed by atoms with Crippen LogP contribution in [0.25, 0.3) is 0 Å². The van der Waals surface area contributed by atoms with Gasteiger partial charge in [0.25, 0.3) is 0 Å². The van der Waals surface area contributed by atoms with E-state index in [1.54, 1.807) is 13.8 Å². The maximum atomic E-state index is 11.2. The van der Waals surface area contributed by atoms with E-state index >= 15 is 0 Å². The first-order chi connectivity index (χ1) is 7.68. The molecule has 0 aromatic rings. The number of aliphatic hydroxyl groups excluding tert-OH is 3. The lowest BCUT2D eigenvalue weighted by Crippen LogP contribution is -2.59. The van der Waals surface area contributed by atoms with Crippen molar-refractivity contribution in [3.8, 4) is 0 Å². The Kier molecular flexibility index (Phi) is 3.37. The van der Waals surface area contributed by atoms with Gasteiger partial charge < -0.3 is 30.3 Å². The monoisotopic (exact) mass is 248 g/mol. The van der Waals surface area contributed by atoms with Crippen LogP contribution in [-0.4, -0.2) is 49.5 Å². The number of cyclic esters (lactones) is 1. The summed E-state index contributed by atoms with van der Waals surface area (Å²) in [5.41, 5.74) is -2.24. The van der Waals surface area contributed by atoms with Crippen LogP contribution in [0.4, 0.5) is 0 Å². The molecular formula is C10H16O7. The van der Waals surface area contributed by atoms with Gasteiger partial charge in [0.1, 0.15) is 6.61 Å². The summed E-state index contributed by atoms with van der Waals surface area (Å²) in [5.74, 6) is -6.38. The molecule has 0 saturated carbocycles. The third-order valence-corrected chi connectivity index (χ3v) is 2.63. The first kappa shape index (κ1) is 13.8. The third kappa shape index (κ3) is 1.97. The van der Waals surface area contributed by atoms with Gasteiger partial charge in [-0.2, -0.15) is 0 Å². The molecule has 0 amide bonds. The Labute approximate surface area is 97.6 Å². The molecule has 0 saturated heterocycles. The van der Waals surface area contributed by atoms with Crippen molar-refractivity contribution in [1.82, 2.24) is 0 Å². The van der Waals surface area contributed by atoms with Crippen LogP contribution >= 0.6 is 0 Å². The molecule has 98 valence electrons. The van der Waals surface area contributed by atoms with E-state index in [2.05, 4.69) is 4.74 Å². The van der Waals surface area contributed by atoms with Crippen molar-refractivity contribution in [3.63, 3.8) is 0 Å². The molecule has 7 heteroatoms. The van der Waals surface area contributed by atoms with Crippen molar-refractivity contribution < 1.29 is 35.1 Å². The zero-order valence-electron chi connectivity index (χ0n) is 9.54. The van der Waals surface area contributed by atoms with Crippen molar-refractivity contribution in [2.75, 3.05) is 6.61 Å². The number of carbonyl (C=O) groups excluding carboxylic acids is 1. The maximum Gasteiger partial charge on any atom is 0.378 e. The summed E-state index contributed by atoms with van der Waals surface area (Å²) in [6.07, 6.45) is -0.164. The molecule has 1 rings (SSSR count). The molecule has 1 aliphatic heterocycles. The normalized spacial score (nSPS) is 25.6. The van der Waals surface area contributed by atoms with Gasteiger partial charge >= 0.3 is 5.97 Å². The van der Waals surface area contributed by atoms with E-state index in [-0.39, 0.29) is 12.3 Å². The molecule has 0 unspecified atom stereocenters. The number of rotatable bonds is 4. The third-order valence-electron chi connectivity index (χ3n) is 2.63. The highest BCUT2D eigenvalue weighted by Gasteiger charge is 2.62. The lowest BCUT2D eigenvalue weighted by molar-refractivity contribution is -0.288. The minimum absolute atomic E-state index is 0.164. The van der Waals surface area contributed by atoms with Crippen molar-refractivity contribution in [2.45, 2.75) is 31.7 Å². The Morgan fingerprint density at radius 2 is 1.88 bits per heavy atom. The molecule has 0 radical (unpaired) electrons. The molecule has 0 fully saturated rings. The van der Waals surface area contributed by atoms with E-state index in [1.807, 2.05) is 0 Å². The molecule has 1 aliphatic rings. The standard InChI is InChI=1S/C10H16O7/c1-5(2)3-9(10(15,16)4-11)7(13)6(12)8(14)17-9/h5,11-13,15-16H,3-4H2,1-2H3/t9-/m0/s1. The largest absolute Gasteiger partial charge is 0.505 e. The second-order valence-electron chi connectivity index (χ2n) is 4.49. The SMILES string of the molecule is CC(C)C[C@]1(C(O)(O)CO)OC(=O)C(O)=C1O. The van der Waals surface area contributed by atoms with Crippen molar-refractivity contribution in [1.29, 1.82) is 0 Å². The number of esters is 1. The first-order valence-corrected chi connectivity index (χ1v) is 5.09. The Bertz CT molecular complexity index is 358. The predicted molar refractivity (Wildman–Crippen MR) is 54.8 cm³/mol. The van der Waals surface area contributed by atoms with Crippen LogP contribution in [0, 0.1) is 5.92 Å². The van der Waals surface area contributed by atoms with E-state index in [1.165, 1.54) is 0 Å². The van der Waals surface area contributed by atoms with Crippen LogP contribution < -0.4 is 0 Å². The van der Waals surface area contributed by atoms with Crippen molar-refractivity contribution in [2.24, 2.45) is 5.92 Å². The van der Waals surface area contributed by atoms with Crippen LogP contribution in [0.3, 0.4) is 0 Å². The van der Waals surface area contributed by atoms with E-state index in [9.17, 15) is 25.2 Å². The lowest BCUT2D eigenvalue weighted by atomic mass is 9.83. The van der Waals surface area contributed by atoms with Crippen molar-refractivity contribution >= 4 is 5.97 Å². The number of hydrogen-bond donors (Lipinski definition) is 5. The molecule has 0 spiro atoms. The number of ether oxygens (including phenoxy) is 1. The van der Waals surface area contributed by atoms with Gasteiger partial charge in [-0.25, -0.2) is 4.79 Å². The second kappa shape index (κ2) is 4.17. The summed E-state index contributed by atoms with van der Waals surface area (Å²) in [4.78, 5) is 11.2. The molecule has 5 N–H and O–H groups in total. The van der Waals surface area contributed by atoms with E-state index < -0.39 is 35.5 Å². The summed E-state index contributed by atoms with van der Waals surface area (Å²) < 4.78 is 4.67. The number of carbonyl (C=O) groups is 1. The molecule has 17 heavy (non-hydrogen) atoms.